The van der Waals surface area contributed by atoms with Gasteiger partial charge >= 0.3 is 0 Å². The minimum atomic E-state index is 0.126. The second-order valence-electron chi connectivity index (χ2n) is 4.96. The third-order valence-corrected chi connectivity index (χ3v) is 3.53. The van der Waals surface area contributed by atoms with Gasteiger partial charge < -0.3 is 4.90 Å². The van der Waals surface area contributed by atoms with Gasteiger partial charge in [-0.3, -0.25) is 9.89 Å². The fourth-order valence-corrected chi connectivity index (χ4v) is 2.22. The molecule has 0 saturated heterocycles. The third-order valence-electron chi connectivity index (χ3n) is 3.53. The van der Waals surface area contributed by atoms with Gasteiger partial charge in [-0.1, -0.05) is 6.07 Å². The van der Waals surface area contributed by atoms with Gasteiger partial charge in [0.2, 0.25) is 0 Å². The Morgan fingerprint density at radius 2 is 2.33 bits per heavy atom. The Bertz CT molecular complexity index is 571. The smallest absolute Gasteiger partial charge is 0.253 e. The molecular formula is C14H17N3O. The molecule has 0 spiro atoms. The molecule has 1 aromatic heterocycles. The number of hydrogen-bond donors (Lipinski definition) is 1. The van der Waals surface area contributed by atoms with Crippen LogP contribution in [-0.2, 0) is 0 Å². The molecule has 1 aliphatic rings. The van der Waals surface area contributed by atoms with E-state index in [2.05, 4.69) is 10.2 Å². The van der Waals surface area contributed by atoms with E-state index < -0.39 is 0 Å². The van der Waals surface area contributed by atoms with Crippen LogP contribution < -0.4 is 0 Å². The number of carbonyl (C=O) groups excluding carboxylic acids is 1. The zero-order valence-electron chi connectivity index (χ0n) is 10.5. The highest BCUT2D eigenvalue weighted by Gasteiger charge is 2.26. The number of fused-ring (bicyclic) bond motifs is 1. The van der Waals surface area contributed by atoms with Crippen molar-refractivity contribution in [2.75, 3.05) is 13.1 Å². The van der Waals surface area contributed by atoms with Crippen molar-refractivity contribution < 1.29 is 4.79 Å². The molecule has 1 fully saturated rings. The highest BCUT2D eigenvalue weighted by molar-refractivity contribution is 5.97. The fraction of sp³-hybridized carbons (Fsp3) is 0.429. The lowest BCUT2D eigenvalue weighted by Gasteiger charge is -2.20. The highest BCUT2D eigenvalue weighted by atomic mass is 16.2. The monoisotopic (exact) mass is 243 g/mol. The number of nitrogens with one attached hydrogen (secondary N) is 1. The molecule has 3 rings (SSSR count). The van der Waals surface area contributed by atoms with Gasteiger partial charge in [-0.05, 0) is 37.8 Å². The molecular weight excluding hydrogens is 226 g/mol. The number of aromatic amines is 1. The molecule has 1 aliphatic carbocycles. The Balaban J connectivity index is 1.84. The predicted octanol–water partition coefficient (Wildman–Crippen LogP) is 2.43. The van der Waals surface area contributed by atoms with Crippen LogP contribution in [0.3, 0.4) is 0 Å². The highest BCUT2D eigenvalue weighted by Crippen LogP contribution is 2.30. The topological polar surface area (TPSA) is 49.0 Å². The molecule has 1 saturated carbocycles. The van der Waals surface area contributed by atoms with Gasteiger partial charge in [0.15, 0.2) is 0 Å². The van der Waals surface area contributed by atoms with Crippen molar-refractivity contribution in [3.8, 4) is 0 Å². The largest absolute Gasteiger partial charge is 0.339 e. The minimum absolute atomic E-state index is 0.126. The van der Waals surface area contributed by atoms with Gasteiger partial charge in [0, 0.05) is 24.0 Å². The number of rotatable bonds is 4. The van der Waals surface area contributed by atoms with Gasteiger partial charge in [0.25, 0.3) is 5.91 Å². The van der Waals surface area contributed by atoms with Crippen molar-refractivity contribution in [3.63, 3.8) is 0 Å². The number of amides is 1. The number of aromatic nitrogens is 2. The standard InChI is InChI=1S/C14H17N3O/c1-2-17(9-10-3-4-10)14(18)11-5-6-12-8-15-16-13(12)7-11/h5-8,10H,2-4,9H2,1H3,(H,15,16). The Morgan fingerprint density at radius 3 is 3.06 bits per heavy atom. The molecule has 1 aromatic carbocycles. The first-order chi connectivity index (χ1) is 8.78. The molecule has 2 aromatic rings. The molecule has 0 aliphatic heterocycles. The molecule has 0 atom stereocenters. The first-order valence-electron chi connectivity index (χ1n) is 6.50. The van der Waals surface area contributed by atoms with Crippen LogP contribution in [0.2, 0.25) is 0 Å². The summed E-state index contributed by atoms with van der Waals surface area (Å²) < 4.78 is 0. The lowest BCUT2D eigenvalue weighted by Crippen LogP contribution is -2.32. The normalized spacial score (nSPS) is 14.9. The van der Waals surface area contributed by atoms with E-state index in [1.54, 1.807) is 6.20 Å². The number of benzene rings is 1. The maximum Gasteiger partial charge on any atom is 0.253 e. The summed E-state index contributed by atoms with van der Waals surface area (Å²) in [6, 6.07) is 5.72. The van der Waals surface area contributed by atoms with Crippen molar-refractivity contribution in [3.05, 3.63) is 30.0 Å². The molecule has 1 amide bonds. The van der Waals surface area contributed by atoms with Gasteiger partial charge in [0.1, 0.15) is 0 Å². The van der Waals surface area contributed by atoms with Crippen molar-refractivity contribution >= 4 is 16.8 Å². The average molecular weight is 243 g/mol. The fourth-order valence-electron chi connectivity index (χ4n) is 2.22. The van der Waals surface area contributed by atoms with Crippen molar-refractivity contribution in [2.45, 2.75) is 19.8 Å². The number of H-pyrrole nitrogens is 1. The number of hydrogen-bond acceptors (Lipinski definition) is 2. The molecule has 4 nitrogen and oxygen atoms in total. The molecule has 1 heterocycles. The van der Waals surface area contributed by atoms with Gasteiger partial charge in [-0.25, -0.2) is 0 Å². The van der Waals surface area contributed by atoms with Gasteiger partial charge in [-0.2, -0.15) is 5.10 Å². The van der Waals surface area contributed by atoms with Crippen LogP contribution >= 0.6 is 0 Å². The minimum Gasteiger partial charge on any atom is -0.339 e. The van der Waals surface area contributed by atoms with Crippen LogP contribution in [0, 0.1) is 5.92 Å². The molecule has 0 unspecified atom stereocenters. The van der Waals surface area contributed by atoms with E-state index in [9.17, 15) is 4.79 Å². The third kappa shape index (κ3) is 2.10. The Morgan fingerprint density at radius 1 is 1.50 bits per heavy atom. The lowest BCUT2D eigenvalue weighted by atomic mass is 10.1. The second-order valence-corrected chi connectivity index (χ2v) is 4.96. The SMILES string of the molecule is CCN(CC1CC1)C(=O)c1ccc2cn[nH]c2c1. The summed E-state index contributed by atoms with van der Waals surface area (Å²) in [6.45, 7) is 3.71. The summed E-state index contributed by atoms with van der Waals surface area (Å²) in [6.07, 6.45) is 4.30. The van der Waals surface area contributed by atoms with E-state index in [1.165, 1.54) is 12.8 Å². The van der Waals surface area contributed by atoms with Crippen molar-refractivity contribution in [2.24, 2.45) is 5.92 Å². The van der Waals surface area contributed by atoms with E-state index >= 15 is 0 Å². The Hall–Kier alpha value is -1.84. The maximum atomic E-state index is 12.4. The van der Waals surface area contributed by atoms with E-state index in [0.717, 1.165) is 35.5 Å². The van der Waals surface area contributed by atoms with Crippen LogP contribution in [0.5, 0.6) is 0 Å². The Labute approximate surface area is 106 Å². The van der Waals surface area contributed by atoms with Gasteiger partial charge in [-0.15, -0.1) is 0 Å². The summed E-state index contributed by atoms with van der Waals surface area (Å²) in [5.41, 5.74) is 1.66. The van der Waals surface area contributed by atoms with E-state index in [-0.39, 0.29) is 5.91 Å². The zero-order chi connectivity index (χ0) is 12.5. The summed E-state index contributed by atoms with van der Waals surface area (Å²) in [4.78, 5) is 14.3. The molecule has 1 N–H and O–H groups in total. The van der Waals surface area contributed by atoms with Crippen molar-refractivity contribution in [1.29, 1.82) is 0 Å². The molecule has 4 heteroatoms. The van der Waals surface area contributed by atoms with Crippen LogP contribution in [0.4, 0.5) is 0 Å². The van der Waals surface area contributed by atoms with Crippen molar-refractivity contribution in [1.82, 2.24) is 15.1 Å². The zero-order valence-corrected chi connectivity index (χ0v) is 10.5. The molecule has 94 valence electrons. The predicted molar refractivity (Wildman–Crippen MR) is 70.4 cm³/mol. The van der Waals surface area contributed by atoms with E-state index in [0.29, 0.717) is 0 Å². The first-order valence-corrected chi connectivity index (χ1v) is 6.50. The van der Waals surface area contributed by atoms with Gasteiger partial charge in [0.05, 0.1) is 11.7 Å². The van der Waals surface area contributed by atoms with E-state index in [4.69, 9.17) is 0 Å². The summed E-state index contributed by atoms with van der Waals surface area (Å²) in [5.74, 6) is 0.852. The molecule has 0 radical (unpaired) electrons. The first kappa shape index (κ1) is 11.3. The van der Waals surface area contributed by atoms with E-state index in [1.807, 2.05) is 30.0 Å². The van der Waals surface area contributed by atoms with Crippen LogP contribution in [0.25, 0.3) is 10.9 Å². The summed E-state index contributed by atoms with van der Waals surface area (Å²) in [7, 11) is 0. The van der Waals surface area contributed by atoms with Crippen LogP contribution in [0.1, 0.15) is 30.1 Å². The second kappa shape index (κ2) is 4.44. The molecule has 0 bridgehead atoms. The molecule has 18 heavy (non-hydrogen) atoms. The summed E-state index contributed by atoms with van der Waals surface area (Å²) in [5, 5.41) is 7.92. The lowest BCUT2D eigenvalue weighted by molar-refractivity contribution is 0.0757. The Kier molecular flexibility index (Phi) is 2.78. The van der Waals surface area contributed by atoms with Crippen LogP contribution in [-0.4, -0.2) is 34.1 Å². The number of carbonyl (C=O) groups is 1. The quantitative estimate of drug-likeness (QED) is 0.896. The average Bonchev–Trinajstić information content (AvgIpc) is 3.09. The number of nitrogens with zero attached hydrogens (tertiary/aromatic N) is 2. The van der Waals surface area contributed by atoms with Crippen LogP contribution in [0.15, 0.2) is 24.4 Å². The summed E-state index contributed by atoms with van der Waals surface area (Å²) >= 11 is 0. The maximum absolute atomic E-state index is 12.4.